The number of rotatable bonds is 6. The second kappa shape index (κ2) is 7.95. The van der Waals surface area contributed by atoms with Crippen LogP contribution in [0.5, 0.6) is 0 Å². The number of imide groups is 1. The molecule has 1 N–H and O–H groups in total. The predicted molar refractivity (Wildman–Crippen MR) is 112 cm³/mol. The van der Waals surface area contributed by atoms with Gasteiger partial charge in [0, 0.05) is 23.0 Å². The zero-order valence-electron chi connectivity index (χ0n) is 16.4. The quantitative estimate of drug-likeness (QED) is 0.609. The number of aryl methyl sites for hydroxylation is 1. The minimum absolute atomic E-state index is 0.182. The molecule has 1 aliphatic rings. The van der Waals surface area contributed by atoms with Crippen molar-refractivity contribution in [2.45, 2.75) is 25.8 Å². The van der Waals surface area contributed by atoms with E-state index in [1.54, 1.807) is 6.08 Å². The highest BCUT2D eigenvalue weighted by molar-refractivity contribution is 5.95. The molecule has 2 atom stereocenters. The fourth-order valence-electron chi connectivity index (χ4n) is 3.98. The second-order valence-corrected chi connectivity index (χ2v) is 7.50. The number of carbonyl (C=O) groups excluding carboxylic acids is 2. The van der Waals surface area contributed by atoms with Crippen molar-refractivity contribution in [1.82, 2.24) is 9.88 Å². The van der Waals surface area contributed by atoms with Gasteiger partial charge in [0.15, 0.2) is 0 Å². The van der Waals surface area contributed by atoms with Gasteiger partial charge in [0.2, 0.25) is 5.91 Å². The van der Waals surface area contributed by atoms with Crippen molar-refractivity contribution >= 4 is 22.9 Å². The van der Waals surface area contributed by atoms with Crippen LogP contribution in [0.25, 0.3) is 10.9 Å². The number of aromatic amines is 1. The van der Waals surface area contributed by atoms with E-state index in [-0.39, 0.29) is 18.4 Å². The highest BCUT2D eigenvalue weighted by Crippen LogP contribution is 2.31. The zero-order valence-corrected chi connectivity index (χ0v) is 16.4. The van der Waals surface area contributed by atoms with E-state index in [9.17, 15) is 9.59 Å². The number of hydrogen-bond acceptors (Lipinski definition) is 3. The molecule has 148 valence electrons. The summed E-state index contributed by atoms with van der Waals surface area (Å²) in [5, 5.41) is 1.11. The number of carbonyl (C=O) groups is 2. The Morgan fingerprint density at radius 1 is 1.31 bits per heavy atom. The van der Waals surface area contributed by atoms with Crippen molar-refractivity contribution in [1.29, 1.82) is 0 Å². The fourth-order valence-corrected chi connectivity index (χ4v) is 3.98. The normalized spacial score (nSPS) is 17.3. The van der Waals surface area contributed by atoms with Gasteiger partial charge in [0.25, 0.3) is 0 Å². The summed E-state index contributed by atoms with van der Waals surface area (Å²) in [5.41, 5.74) is 4.16. The van der Waals surface area contributed by atoms with Gasteiger partial charge in [-0.2, -0.15) is 0 Å². The Balaban J connectivity index is 1.63. The van der Waals surface area contributed by atoms with E-state index in [0.29, 0.717) is 12.8 Å². The van der Waals surface area contributed by atoms with Gasteiger partial charge >= 0.3 is 6.09 Å². The van der Waals surface area contributed by atoms with Crippen molar-refractivity contribution in [2.24, 2.45) is 5.92 Å². The maximum Gasteiger partial charge on any atom is 0.417 e. The summed E-state index contributed by atoms with van der Waals surface area (Å²) in [7, 11) is 0. The van der Waals surface area contributed by atoms with E-state index in [1.165, 1.54) is 4.90 Å². The first-order valence-electron chi connectivity index (χ1n) is 9.80. The third-order valence-electron chi connectivity index (χ3n) is 5.48. The smallest absolute Gasteiger partial charge is 0.417 e. The SMILES string of the molecule is C=CC[C@@H](Cc1c[nH]c2ccc(C)cc12)C(=O)N1C(=O)OC[C@@H]1c1ccccc1. The maximum absolute atomic E-state index is 13.4. The molecule has 0 saturated carbocycles. The summed E-state index contributed by atoms with van der Waals surface area (Å²) < 4.78 is 5.24. The van der Waals surface area contributed by atoms with Crippen molar-refractivity contribution in [2.75, 3.05) is 6.61 Å². The predicted octanol–water partition coefficient (Wildman–Crippen LogP) is 4.93. The fraction of sp³-hybridized carbons (Fsp3) is 0.250. The molecule has 0 bridgehead atoms. The number of fused-ring (bicyclic) bond motifs is 1. The molecule has 1 aromatic heterocycles. The van der Waals surface area contributed by atoms with Crippen molar-refractivity contribution in [3.8, 4) is 0 Å². The number of allylic oxidation sites excluding steroid dienone is 1. The Labute approximate surface area is 170 Å². The molecule has 4 rings (SSSR count). The lowest BCUT2D eigenvalue weighted by atomic mass is 9.93. The number of hydrogen-bond donors (Lipinski definition) is 1. The topological polar surface area (TPSA) is 62.4 Å². The Morgan fingerprint density at radius 2 is 2.10 bits per heavy atom. The van der Waals surface area contributed by atoms with Gasteiger partial charge in [-0.25, -0.2) is 9.69 Å². The first-order chi connectivity index (χ1) is 14.1. The minimum Gasteiger partial charge on any atom is -0.446 e. The molecule has 1 fully saturated rings. The van der Waals surface area contributed by atoms with Gasteiger partial charge in [0.05, 0.1) is 0 Å². The van der Waals surface area contributed by atoms with Crippen LogP contribution in [0.15, 0.2) is 67.4 Å². The highest BCUT2D eigenvalue weighted by atomic mass is 16.6. The van der Waals surface area contributed by atoms with Crippen LogP contribution in [0.3, 0.4) is 0 Å². The van der Waals surface area contributed by atoms with E-state index in [4.69, 9.17) is 4.74 Å². The zero-order chi connectivity index (χ0) is 20.4. The molecule has 2 aromatic carbocycles. The molecule has 2 heterocycles. The van der Waals surface area contributed by atoms with Gasteiger partial charge in [0.1, 0.15) is 12.6 Å². The largest absolute Gasteiger partial charge is 0.446 e. The summed E-state index contributed by atoms with van der Waals surface area (Å²) >= 11 is 0. The molecule has 0 radical (unpaired) electrons. The van der Waals surface area contributed by atoms with Gasteiger partial charge in [-0.1, -0.05) is 48.0 Å². The van der Waals surface area contributed by atoms with Crippen LogP contribution in [-0.2, 0) is 16.0 Å². The van der Waals surface area contributed by atoms with Crippen LogP contribution in [0.1, 0.15) is 29.2 Å². The maximum atomic E-state index is 13.4. The van der Waals surface area contributed by atoms with Crippen molar-refractivity contribution < 1.29 is 14.3 Å². The average molecular weight is 388 g/mol. The number of amides is 2. The number of cyclic esters (lactones) is 1. The lowest BCUT2D eigenvalue weighted by molar-refractivity contribution is -0.133. The van der Waals surface area contributed by atoms with Crippen molar-refractivity contribution in [3.05, 3.63) is 84.1 Å². The lowest BCUT2D eigenvalue weighted by Gasteiger charge is -2.24. The number of nitrogens with zero attached hydrogens (tertiary/aromatic N) is 1. The summed E-state index contributed by atoms with van der Waals surface area (Å²) in [5.74, 6) is -0.605. The third-order valence-corrected chi connectivity index (χ3v) is 5.48. The molecule has 0 spiro atoms. The van der Waals surface area contributed by atoms with Crippen LogP contribution in [0.2, 0.25) is 0 Å². The summed E-state index contributed by atoms with van der Waals surface area (Å²) in [6, 6.07) is 15.4. The van der Waals surface area contributed by atoms with Gasteiger partial charge in [-0.3, -0.25) is 4.79 Å². The summed E-state index contributed by atoms with van der Waals surface area (Å²) in [6.07, 6.45) is 4.13. The molecule has 1 aliphatic heterocycles. The van der Waals surface area contributed by atoms with Crippen LogP contribution >= 0.6 is 0 Å². The number of aromatic nitrogens is 1. The van der Waals surface area contributed by atoms with Crippen LogP contribution < -0.4 is 0 Å². The summed E-state index contributed by atoms with van der Waals surface area (Å²) in [6.45, 7) is 6.05. The van der Waals surface area contributed by atoms with Crippen LogP contribution in [0, 0.1) is 12.8 Å². The Kier molecular flexibility index (Phi) is 5.21. The lowest BCUT2D eigenvalue weighted by Crippen LogP contribution is -2.39. The molecule has 2 amide bonds. The molecular weight excluding hydrogens is 364 g/mol. The number of benzene rings is 2. The first-order valence-corrected chi connectivity index (χ1v) is 9.80. The average Bonchev–Trinajstić information content (AvgIpc) is 3.31. The van der Waals surface area contributed by atoms with Gasteiger partial charge in [-0.15, -0.1) is 6.58 Å². The van der Waals surface area contributed by atoms with Crippen molar-refractivity contribution in [3.63, 3.8) is 0 Å². The van der Waals surface area contributed by atoms with Crippen LogP contribution in [-0.4, -0.2) is 28.5 Å². The number of H-pyrrole nitrogens is 1. The molecule has 0 unspecified atom stereocenters. The first kappa shape index (κ1) is 19.0. The Hall–Kier alpha value is -3.34. The Bertz CT molecular complexity index is 1050. The van der Waals surface area contributed by atoms with E-state index in [0.717, 1.165) is 27.6 Å². The molecule has 0 aliphatic carbocycles. The highest BCUT2D eigenvalue weighted by Gasteiger charge is 2.41. The molecule has 5 nitrogen and oxygen atoms in total. The van der Waals surface area contributed by atoms with E-state index in [2.05, 4.69) is 23.7 Å². The standard InChI is InChI=1S/C24H24N2O3/c1-3-7-18(13-19-14-25-21-11-10-16(2)12-20(19)21)23(27)26-22(15-29-24(26)28)17-8-5-4-6-9-17/h3-6,8-12,14,18,22,25H,1,7,13,15H2,2H3/t18-,22+/m0/s1. The van der Waals surface area contributed by atoms with Gasteiger partial charge < -0.3 is 9.72 Å². The molecule has 3 aromatic rings. The molecule has 5 heteroatoms. The molecular formula is C24H24N2O3. The van der Waals surface area contributed by atoms with E-state index in [1.807, 2.05) is 49.5 Å². The number of nitrogens with one attached hydrogen (secondary N) is 1. The molecule has 29 heavy (non-hydrogen) atoms. The van der Waals surface area contributed by atoms with Crippen LogP contribution in [0.4, 0.5) is 4.79 Å². The monoisotopic (exact) mass is 388 g/mol. The Morgan fingerprint density at radius 3 is 2.86 bits per heavy atom. The molecule has 1 saturated heterocycles. The van der Waals surface area contributed by atoms with Gasteiger partial charge in [-0.05, 0) is 43.0 Å². The summed E-state index contributed by atoms with van der Waals surface area (Å²) in [4.78, 5) is 30.4. The minimum atomic E-state index is -0.576. The third kappa shape index (κ3) is 3.68. The van der Waals surface area contributed by atoms with E-state index >= 15 is 0 Å². The van der Waals surface area contributed by atoms with E-state index < -0.39 is 12.1 Å². The number of ether oxygens (including phenoxy) is 1. The second-order valence-electron chi connectivity index (χ2n) is 7.50.